The summed E-state index contributed by atoms with van der Waals surface area (Å²) < 4.78 is 5.56. The predicted octanol–water partition coefficient (Wildman–Crippen LogP) is 2.92. The number of carbonyl (C=O) groups excluding carboxylic acids is 5. The number of nitrogens with two attached hydrogens (primary N) is 1. The van der Waals surface area contributed by atoms with Crippen molar-refractivity contribution in [2.24, 2.45) is 40.7 Å². The van der Waals surface area contributed by atoms with Gasteiger partial charge in [0.25, 0.3) is 5.91 Å². The topological polar surface area (TPSA) is 148 Å². The largest absolute Gasteiger partial charge is 0.446 e. The molecule has 10 nitrogen and oxygen atoms in total. The third-order valence-electron chi connectivity index (χ3n) is 10.3. The smallest absolute Gasteiger partial charge is 0.408 e. The molecule has 0 aromatic heterocycles. The highest BCUT2D eigenvalue weighted by Gasteiger charge is 2.69. The number of amides is 4. The molecular weight excluding hydrogens is 512 g/mol. The van der Waals surface area contributed by atoms with Crippen LogP contribution in [-0.2, 0) is 23.9 Å². The van der Waals surface area contributed by atoms with E-state index in [2.05, 4.69) is 24.5 Å². The quantitative estimate of drug-likeness (QED) is 0.331. The first-order chi connectivity index (χ1) is 18.8. The van der Waals surface area contributed by atoms with Crippen molar-refractivity contribution in [3.05, 3.63) is 0 Å². The van der Waals surface area contributed by atoms with Gasteiger partial charge in [-0.05, 0) is 61.2 Å². The molecule has 1 aliphatic heterocycles. The Morgan fingerprint density at radius 3 is 2.15 bits per heavy atom. The standard InChI is InChI=1S/C30H48N4O6/c1-16(2)17(3)40-29(39)33-23(19-12-7-6-8-13-19)28(38)34-15-20-22(30(20,4)5)24(34)27(37)32-21(25(35)26(31)36)14-18-10-9-11-18/h16-24H,6-15H2,1-5H3,(H2,31,36)(H,32,37)(H,33,39)/t17-,20?,21?,22?,23+,24+/m1/s1. The zero-order valence-electron chi connectivity index (χ0n) is 24.7. The number of hydrogen-bond donors (Lipinski definition) is 3. The summed E-state index contributed by atoms with van der Waals surface area (Å²) in [6, 6.07) is -2.57. The second-order valence-electron chi connectivity index (χ2n) is 13.6. The number of piperidine rings is 1. The van der Waals surface area contributed by atoms with Crippen molar-refractivity contribution in [1.29, 1.82) is 0 Å². The lowest BCUT2D eigenvalue weighted by molar-refractivity contribution is -0.144. The van der Waals surface area contributed by atoms with Crippen LogP contribution in [0, 0.1) is 35.0 Å². The molecule has 4 amide bonds. The monoisotopic (exact) mass is 560 g/mol. The van der Waals surface area contributed by atoms with Gasteiger partial charge in [0.1, 0.15) is 18.2 Å². The number of ketones is 1. The van der Waals surface area contributed by atoms with Crippen LogP contribution in [0.3, 0.4) is 0 Å². The highest BCUT2D eigenvalue weighted by Crippen LogP contribution is 2.65. The van der Waals surface area contributed by atoms with Crippen LogP contribution in [-0.4, -0.2) is 65.3 Å². The summed E-state index contributed by atoms with van der Waals surface area (Å²) >= 11 is 0. The van der Waals surface area contributed by atoms with Crippen molar-refractivity contribution in [3.8, 4) is 0 Å². The third kappa shape index (κ3) is 6.30. The number of fused-ring (bicyclic) bond motifs is 1. The summed E-state index contributed by atoms with van der Waals surface area (Å²) in [6.45, 7) is 10.3. The van der Waals surface area contributed by atoms with Crippen molar-refractivity contribution in [2.75, 3.05) is 6.54 Å². The van der Waals surface area contributed by atoms with Crippen molar-refractivity contribution in [1.82, 2.24) is 15.5 Å². The molecule has 0 aromatic rings. The summed E-state index contributed by atoms with van der Waals surface area (Å²) in [5, 5.41) is 5.70. The minimum atomic E-state index is -1.07. The number of nitrogens with one attached hydrogen (secondary N) is 2. The molecule has 3 saturated carbocycles. The van der Waals surface area contributed by atoms with Crippen LogP contribution in [0.15, 0.2) is 0 Å². The van der Waals surface area contributed by atoms with Crippen molar-refractivity contribution in [2.45, 2.75) is 117 Å². The Balaban J connectivity index is 1.54. The van der Waals surface area contributed by atoms with Gasteiger partial charge in [0.05, 0.1) is 6.04 Å². The average molecular weight is 561 g/mol. The zero-order chi connectivity index (χ0) is 29.4. The van der Waals surface area contributed by atoms with E-state index in [-0.39, 0.29) is 47.0 Å². The number of nitrogens with zero attached hydrogens (tertiary/aromatic N) is 1. The van der Waals surface area contributed by atoms with Gasteiger partial charge in [0.2, 0.25) is 17.6 Å². The molecule has 4 aliphatic rings. The number of primary amides is 1. The Bertz CT molecular complexity index is 1000. The highest BCUT2D eigenvalue weighted by atomic mass is 16.6. The molecule has 0 bridgehead atoms. The molecule has 0 radical (unpaired) electrons. The molecule has 4 N–H and O–H groups in total. The summed E-state index contributed by atoms with van der Waals surface area (Å²) in [4.78, 5) is 66.9. The van der Waals surface area contributed by atoms with Crippen molar-refractivity contribution >= 4 is 29.6 Å². The van der Waals surface area contributed by atoms with E-state index in [1.807, 2.05) is 20.8 Å². The first-order valence-electron chi connectivity index (χ1n) is 15.2. The molecule has 10 heteroatoms. The van der Waals surface area contributed by atoms with Gasteiger partial charge in [-0.2, -0.15) is 0 Å². The Morgan fingerprint density at radius 2 is 1.60 bits per heavy atom. The molecular formula is C30H48N4O6. The van der Waals surface area contributed by atoms with Crippen LogP contribution in [0.4, 0.5) is 4.79 Å². The summed E-state index contributed by atoms with van der Waals surface area (Å²) in [7, 11) is 0. The number of ether oxygens (including phenoxy) is 1. The number of carbonyl (C=O) groups is 5. The summed E-state index contributed by atoms with van der Waals surface area (Å²) in [5.74, 6) is -2.14. The Hall–Kier alpha value is -2.65. The molecule has 4 rings (SSSR count). The number of rotatable bonds is 11. The van der Waals surface area contributed by atoms with Crippen molar-refractivity contribution < 1.29 is 28.7 Å². The van der Waals surface area contributed by atoms with Gasteiger partial charge in [0.15, 0.2) is 0 Å². The van der Waals surface area contributed by atoms with E-state index < -0.39 is 41.8 Å². The van der Waals surface area contributed by atoms with E-state index >= 15 is 0 Å². The van der Waals surface area contributed by atoms with Gasteiger partial charge in [-0.3, -0.25) is 19.2 Å². The van der Waals surface area contributed by atoms with Gasteiger partial charge in [-0.25, -0.2) is 4.79 Å². The average Bonchev–Trinajstić information content (AvgIpc) is 3.21. The first-order valence-corrected chi connectivity index (χ1v) is 15.2. The molecule has 3 unspecified atom stereocenters. The maximum Gasteiger partial charge on any atom is 0.408 e. The fraction of sp³-hybridized carbons (Fsp3) is 0.833. The molecule has 0 spiro atoms. The Kier molecular flexibility index (Phi) is 9.15. The van der Waals surface area contributed by atoms with Crippen LogP contribution >= 0.6 is 0 Å². The minimum Gasteiger partial charge on any atom is -0.446 e. The van der Waals surface area contributed by atoms with Gasteiger partial charge in [-0.15, -0.1) is 0 Å². The maximum absolute atomic E-state index is 14.2. The number of likely N-dealkylation sites (tertiary alicyclic amines) is 1. The van der Waals surface area contributed by atoms with E-state index in [0.29, 0.717) is 13.0 Å². The lowest BCUT2D eigenvalue weighted by atomic mass is 9.80. The molecule has 1 saturated heterocycles. The van der Waals surface area contributed by atoms with Crippen LogP contribution in [0.5, 0.6) is 0 Å². The molecule has 0 aromatic carbocycles. The predicted molar refractivity (Wildman–Crippen MR) is 149 cm³/mol. The molecule has 6 atom stereocenters. The van der Waals surface area contributed by atoms with E-state index in [1.165, 1.54) is 0 Å². The molecule has 1 heterocycles. The second-order valence-corrected chi connectivity index (χ2v) is 13.6. The summed E-state index contributed by atoms with van der Waals surface area (Å²) in [6.07, 6.45) is 7.09. The highest BCUT2D eigenvalue weighted by molar-refractivity contribution is 6.37. The van der Waals surface area contributed by atoms with Crippen molar-refractivity contribution in [3.63, 3.8) is 0 Å². The Morgan fingerprint density at radius 1 is 0.950 bits per heavy atom. The van der Waals surface area contributed by atoms with E-state index in [9.17, 15) is 24.0 Å². The molecule has 4 fully saturated rings. The van der Waals surface area contributed by atoms with Crippen LogP contribution in [0.1, 0.15) is 92.4 Å². The lowest BCUT2D eigenvalue weighted by Gasteiger charge is -2.37. The summed E-state index contributed by atoms with van der Waals surface area (Å²) in [5.41, 5.74) is 5.19. The SMILES string of the molecule is CC(C)[C@@H](C)OC(=O)N[C@H](C(=O)N1CC2C([C@H]1C(=O)NC(CC1CCC1)C(=O)C(N)=O)C2(C)C)C1CCCCC1. The molecule has 3 aliphatic carbocycles. The second kappa shape index (κ2) is 12.1. The number of hydrogen-bond acceptors (Lipinski definition) is 6. The minimum absolute atomic E-state index is 0.0420. The lowest BCUT2D eigenvalue weighted by Crippen LogP contribution is -2.59. The number of alkyl carbamates (subject to hydrolysis) is 1. The Labute approximate surface area is 237 Å². The fourth-order valence-corrected chi connectivity index (χ4v) is 7.03. The molecule has 224 valence electrons. The van der Waals surface area contributed by atoms with Gasteiger partial charge < -0.3 is 26.0 Å². The third-order valence-corrected chi connectivity index (χ3v) is 10.3. The van der Waals surface area contributed by atoms with E-state index in [4.69, 9.17) is 10.5 Å². The van der Waals surface area contributed by atoms with Crippen LogP contribution < -0.4 is 16.4 Å². The normalized spacial score (nSPS) is 28.1. The number of Topliss-reactive ketones (excluding diaryl/α,β-unsaturated/α-hetero) is 1. The van der Waals surface area contributed by atoms with Gasteiger partial charge in [0, 0.05) is 6.54 Å². The van der Waals surface area contributed by atoms with E-state index in [0.717, 1.165) is 51.4 Å². The first kappa shape index (κ1) is 30.3. The maximum atomic E-state index is 14.2. The fourth-order valence-electron chi connectivity index (χ4n) is 7.03. The van der Waals surface area contributed by atoms with E-state index in [1.54, 1.807) is 4.90 Å². The van der Waals surface area contributed by atoms with Gasteiger partial charge in [-0.1, -0.05) is 66.2 Å². The van der Waals surface area contributed by atoms with Crippen LogP contribution in [0.25, 0.3) is 0 Å². The zero-order valence-corrected chi connectivity index (χ0v) is 24.7. The molecule has 40 heavy (non-hydrogen) atoms. The van der Waals surface area contributed by atoms with Gasteiger partial charge >= 0.3 is 6.09 Å². The van der Waals surface area contributed by atoms with Crippen LogP contribution in [0.2, 0.25) is 0 Å².